The van der Waals surface area contributed by atoms with Gasteiger partial charge in [0, 0.05) is 24.2 Å². The Bertz CT molecular complexity index is 792. The van der Waals surface area contributed by atoms with Crippen LogP contribution >= 0.6 is 0 Å². The lowest BCUT2D eigenvalue weighted by atomic mass is 9.96. The lowest BCUT2D eigenvalue weighted by Crippen LogP contribution is -3.00. The summed E-state index contributed by atoms with van der Waals surface area (Å²) >= 11 is 0. The molecule has 1 atom stereocenters. The summed E-state index contributed by atoms with van der Waals surface area (Å²) in [7, 11) is 0. The van der Waals surface area contributed by atoms with Gasteiger partial charge in [-0.2, -0.15) is 0 Å². The highest BCUT2D eigenvalue weighted by Crippen LogP contribution is 2.27. The molecule has 0 saturated heterocycles. The number of nitrogens with one attached hydrogen (secondary N) is 1. The third-order valence-corrected chi connectivity index (χ3v) is 4.27. The minimum atomic E-state index is -0.361. The predicted octanol–water partition coefficient (Wildman–Crippen LogP) is 3.59. The topological polar surface area (TPSA) is 62.8 Å². The molecule has 1 aliphatic carbocycles. The van der Waals surface area contributed by atoms with Crippen LogP contribution < -0.4 is 11.0 Å². The number of aryl methyl sites for hydroxylation is 2. The largest absolute Gasteiger partial charge is 0.585 e. The van der Waals surface area contributed by atoms with Gasteiger partial charge in [-0.15, -0.1) is 5.23 Å². The summed E-state index contributed by atoms with van der Waals surface area (Å²) < 4.78 is 0. The molecule has 1 unspecified atom stereocenters. The Morgan fingerprint density at radius 3 is 2.38 bits per heavy atom. The number of nitrogen functional groups attached to an aromatic ring is 1. The molecule has 0 bridgehead atoms. The Kier molecular flexibility index (Phi) is 4.69. The summed E-state index contributed by atoms with van der Waals surface area (Å²) in [6.45, 7) is 3.99. The first-order valence-electron chi connectivity index (χ1n) is 8.08. The second kappa shape index (κ2) is 6.91. The van der Waals surface area contributed by atoms with Crippen molar-refractivity contribution in [1.29, 1.82) is 0 Å². The predicted molar refractivity (Wildman–Crippen MR) is 97.1 cm³/mol. The van der Waals surface area contributed by atoms with Crippen molar-refractivity contribution in [1.82, 2.24) is 0 Å². The number of benzene rings is 2. The van der Waals surface area contributed by atoms with E-state index in [4.69, 9.17) is 10.6 Å². The molecular weight excluding hydrogens is 300 g/mol. The molecule has 0 spiro atoms. The number of hydrogen-bond donors (Lipinski definition) is 2. The van der Waals surface area contributed by atoms with E-state index in [0.717, 1.165) is 12.0 Å². The molecule has 0 fully saturated rings. The van der Waals surface area contributed by atoms with Gasteiger partial charge in [-0.25, -0.2) is 0 Å². The van der Waals surface area contributed by atoms with Crippen LogP contribution in [0.5, 0.6) is 0 Å². The third kappa shape index (κ3) is 3.67. The summed E-state index contributed by atoms with van der Waals surface area (Å²) in [5.74, 6) is 0.690. The van der Waals surface area contributed by atoms with E-state index in [1.54, 1.807) is 12.1 Å². The molecule has 0 aromatic heterocycles. The van der Waals surface area contributed by atoms with Crippen molar-refractivity contribution in [2.45, 2.75) is 26.7 Å². The van der Waals surface area contributed by atoms with Gasteiger partial charge in [0.25, 0.3) is 0 Å². The maximum Gasteiger partial charge on any atom is 0.175 e. The van der Waals surface area contributed by atoms with Crippen LogP contribution in [-0.4, -0.2) is 0 Å². The molecule has 124 valence electrons. The van der Waals surface area contributed by atoms with Crippen LogP contribution in [0.25, 0.3) is 5.57 Å². The van der Waals surface area contributed by atoms with Crippen molar-refractivity contribution in [3.05, 3.63) is 82.3 Å². The summed E-state index contributed by atoms with van der Waals surface area (Å²) in [5, 5.41) is 11.9. The minimum absolute atomic E-state index is 0.361. The molecule has 4 heteroatoms. The fourth-order valence-electron chi connectivity index (χ4n) is 2.66. The van der Waals surface area contributed by atoms with Gasteiger partial charge in [0.2, 0.25) is 0 Å². The number of allylic oxidation sites excluding steroid dienone is 4. The Hall–Kier alpha value is -2.56. The lowest BCUT2D eigenvalue weighted by Gasteiger charge is -2.23. The Morgan fingerprint density at radius 1 is 1.00 bits per heavy atom. The van der Waals surface area contributed by atoms with E-state index in [-0.39, 0.29) is 5.23 Å². The molecule has 0 heterocycles. The molecule has 0 aliphatic heterocycles. The van der Waals surface area contributed by atoms with Crippen LogP contribution in [0, 0.1) is 19.1 Å². The Labute approximate surface area is 142 Å². The molecule has 1 aliphatic rings. The van der Waals surface area contributed by atoms with Crippen molar-refractivity contribution >= 4 is 16.9 Å². The molecule has 3 rings (SSSR count). The molecule has 0 amide bonds. The average molecular weight is 322 g/mol. The molecule has 2 aromatic carbocycles. The van der Waals surface area contributed by atoms with Crippen LogP contribution in [0.1, 0.15) is 29.5 Å². The number of nitrogens with two attached hydrogens (primary N) is 1. The second-order valence-corrected chi connectivity index (χ2v) is 6.15. The van der Waals surface area contributed by atoms with Crippen molar-refractivity contribution < 1.29 is 10.1 Å². The monoisotopic (exact) mass is 322 g/mol. The van der Waals surface area contributed by atoms with Crippen molar-refractivity contribution in [2.75, 3.05) is 5.73 Å². The van der Waals surface area contributed by atoms with E-state index in [2.05, 4.69) is 31.2 Å². The molecular formula is C20H22N2O2. The van der Waals surface area contributed by atoms with Crippen LogP contribution in [0.3, 0.4) is 0 Å². The van der Waals surface area contributed by atoms with Crippen molar-refractivity contribution in [3.8, 4) is 0 Å². The summed E-state index contributed by atoms with van der Waals surface area (Å²) in [6.07, 6.45) is 5.49. The Balaban J connectivity index is 1.70. The molecule has 3 N–H and O–H groups in total. The molecule has 2 aromatic rings. The summed E-state index contributed by atoms with van der Waals surface area (Å²) in [5.41, 5.74) is 11.6. The average Bonchev–Trinajstić information content (AvgIpc) is 2.59. The van der Waals surface area contributed by atoms with Crippen LogP contribution in [0.4, 0.5) is 11.4 Å². The smallest absolute Gasteiger partial charge is 0.175 e. The van der Waals surface area contributed by atoms with Gasteiger partial charge >= 0.3 is 0 Å². The van der Waals surface area contributed by atoms with E-state index >= 15 is 0 Å². The number of anilines is 1. The van der Waals surface area contributed by atoms with Crippen LogP contribution in [0.2, 0.25) is 0 Å². The zero-order chi connectivity index (χ0) is 17.1. The van der Waals surface area contributed by atoms with Gasteiger partial charge in [-0.05, 0) is 43.0 Å². The highest BCUT2D eigenvalue weighted by molar-refractivity contribution is 5.68. The van der Waals surface area contributed by atoms with Gasteiger partial charge in [-0.3, -0.25) is 0 Å². The van der Waals surface area contributed by atoms with Gasteiger partial charge in [0.1, 0.15) is 0 Å². The first-order chi connectivity index (χ1) is 11.5. The van der Waals surface area contributed by atoms with Crippen molar-refractivity contribution in [2.24, 2.45) is 0 Å². The molecule has 4 nitrogen and oxygen atoms in total. The quantitative estimate of drug-likeness (QED) is 0.668. The minimum Gasteiger partial charge on any atom is -0.585 e. The number of quaternary nitrogens is 1. The summed E-state index contributed by atoms with van der Waals surface area (Å²) in [6, 6.07) is 13.7. The summed E-state index contributed by atoms with van der Waals surface area (Å²) in [4.78, 5) is 5.50. The third-order valence-electron chi connectivity index (χ3n) is 4.27. The zero-order valence-electron chi connectivity index (χ0n) is 14.0. The van der Waals surface area contributed by atoms with Crippen LogP contribution in [-0.2, 0) is 4.84 Å². The normalized spacial score (nSPS) is 15.5. The van der Waals surface area contributed by atoms with Gasteiger partial charge in [0.15, 0.2) is 11.4 Å². The Morgan fingerprint density at radius 2 is 1.75 bits per heavy atom. The van der Waals surface area contributed by atoms with E-state index in [0.29, 0.717) is 23.6 Å². The highest BCUT2D eigenvalue weighted by Gasteiger charge is 2.14. The van der Waals surface area contributed by atoms with Gasteiger partial charge in [0.05, 0.1) is 0 Å². The van der Waals surface area contributed by atoms with Crippen LogP contribution in [0.15, 0.2) is 60.4 Å². The van der Waals surface area contributed by atoms with E-state index in [9.17, 15) is 5.21 Å². The number of hydrogen-bond acceptors (Lipinski definition) is 3. The van der Waals surface area contributed by atoms with Crippen molar-refractivity contribution in [3.63, 3.8) is 0 Å². The molecule has 0 saturated carbocycles. The maximum atomic E-state index is 12.2. The van der Waals surface area contributed by atoms with Gasteiger partial charge < -0.3 is 15.8 Å². The second-order valence-electron chi connectivity index (χ2n) is 6.15. The van der Waals surface area contributed by atoms with E-state index in [1.807, 2.05) is 25.1 Å². The SMILES string of the molecule is Cc1ccc(C2=CC=C(O[NH+]([O-])c3ccc(C)c(N)c3)CC2)cc1. The lowest BCUT2D eigenvalue weighted by molar-refractivity contribution is -0.987. The van der Waals surface area contributed by atoms with E-state index < -0.39 is 0 Å². The first kappa shape index (κ1) is 16.3. The number of rotatable bonds is 4. The fraction of sp³-hybridized carbons (Fsp3) is 0.200. The zero-order valence-corrected chi connectivity index (χ0v) is 14.0. The first-order valence-corrected chi connectivity index (χ1v) is 8.08. The van der Waals surface area contributed by atoms with Gasteiger partial charge in [-0.1, -0.05) is 42.0 Å². The molecule has 0 radical (unpaired) electrons. The van der Waals surface area contributed by atoms with E-state index in [1.165, 1.54) is 16.7 Å². The standard InChI is InChI=1S/C20H22N2O2/c1-14-3-6-16(7-4-14)17-8-11-19(12-9-17)24-22(23)18-10-5-15(2)20(21)13-18/h3-8,10-11,13,22H,9,12,21H2,1-2H3. The highest BCUT2D eigenvalue weighted by atomic mass is 16.9. The fourth-order valence-corrected chi connectivity index (χ4v) is 2.66. The molecule has 24 heavy (non-hydrogen) atoms. The maximum absolute atomic E-state index is 12.2.